The topological polar surface area (TPSA) is 26.8 Å². The first-order valence-corrected chi connectivity index (χ1v) is 5.64. The molecule has 2 aliphatic heterocycles. The molecule has 86 valence electrons. The molecule has 0 aromatic rings. The Bertz CT molecular complexity index is 261. The highest BCUT2D eigenvalue weighted by atomic mass is 16.2. The van der Waals surface area contributed by atoms with Crippen molar-refractivity contribution in [3.8, 4) is 0 Å². The summed E-state index contributed by atoms with van der Waals surface area (Å²) in [6.07, 6.45) is 0. The van der Waals surface area contributed by atoms with Gasteiger partial charge in [0.1, 0.15) is 0 Å². The second-order valence-electron chi connectivity index (χ2n) is 5.53. The molecule has 2 heterocycles. The summed E-state index contributed by atoms with van der Waals surface area (Å²) in [5.41, 5.74) is 0.440. The van der Waals surface area contributed by atoms with Gasteiger partial charge in [-0.2, -0.15) is 0 Å². The van der Waals surface area contributed by atoms with Gasteiger partial charge in [0.05, 0.1) is 0 Å². The number of amides is 2. The van der Waals surface area contributed by atoms with Crippen LogP contribution in [0, 0.1) is 5.41 Å². The average molecular weight is 211 g/mol. The van der Waals surface area contributed by atoms with Crippen molar-refractivity contribution in [2.45, 2.75) is 19.9 Å². The van der Waals surface area contributed by atoms with Crippen LogP contribution in [0.2, 0.25) is 0 Å². The Hall–Kier alpha value is -0.770. The van der Waals surface area contributed by atoms with Crippen LogP contribution in [0.15, 0.2) is 0 Å². The maximum atomic E-state index is 11.6. The predicted molar refractivity (Wildman–Crippen MR) is 59.8 cm³/mol. The molecule has 0 radical (unpaired) electrons. The highest BCUT2D eigenvalue weighted by Gasteiger charge is 2.53. The van der Waals surface area contributed by atoms with Gasteiger partial charge in [-0.25, -0.2) is 4.79 Å². The molecule has 0 aliphatic carbocycles. The molecular formula is C11H21N3O. The summed E-state index contributed by atoms with van der Waals surface area (Å²) in [5.74, 6) is 0. The van der Waals surface area contributed by atoms with E-state index < -0.39 is 0 Å². The third kappa shape index (κ3) is 1.71. The predicted octanol–water partition coefficient (Wildman–Crippen LogP) is 0.694. The molecule has 2 fully saturated rings. The van der Waals surface area contributed by atoms with Crippen molar-refractivity contribution in [3.05, 3.63) is 0 Å². The van der Waals surface area contributed by atoms with E-state index in [-0.39, 0.29) is 6.03 Å². The van der Waals surface area contributed by atoms with E-state index in [1.165, 1.54) is 13.1 Å². The maximum Gasteiger partial charge on any atom is 0.319 e. The normalized spacial score (nSPS) is 23.9. The van der Waals surface area contributed by atoms with E-state index in [0.717, 1.165) is 13.1 Å². The zero-order chi connectivity index (χ0) is 11.2. The summed E-state index contributed by atoms with van der Waals surface area (Å²) in [6, 6.07) is 0.804. The Kier molecular flexibility index (Phi) is 2.41. The van der Waals surface area contributed by atoms with Gasteiger partial charge in [0.15, 0.2) is 0 Å². The van der Waals surface area contributed by atoms with Crippen LogP contribution in [-0.4, -0.2) is 67.0 Å². The Balaban J connectivity index is 1.78. The molecule has 0 unspecified atom stereocenters. The average Bonchev–Trinajstić information content (AvgIpc) is 1.97. The van der Waals surface area contributed by atoms with Gasteiger partial charge in [-0.3, -0.25) is 4.90 Å². The fourth-order valence-electron chi connectivity index (χ4n) is 2.56. The summed E-state index contributed by atoms with van der Waals surface area (Å²) < 4.78 is 0. The molecule has 4 heteroatoms. The minimum Gasteiger partial charge on any atom is -0.331 e. The van der Waals surface area contributed by atoms with Gasteiger partial charge < -0.3 is 9.80 Å². The van der Waals surface area contributed by atoms with Crippen molar-refractivity contribution in [2.75, 3.05) is 40.3 Å². The number of carbonyl (C=O) groups excluding carboxylic acids is 1. The molecule has 0 atom stereocenters. The molecule has 2 amide bonds. The second kappa shape index (κ2) is 3.37. The van der Waals surface area contributed by atoms with Crippen LogP contribution in [0.5, 0.6) is 0 Å². The zero-order valence-electron chi connectivity index (χ0n) is 10.2. The molecule has 2 rings (SSSR count). The van der Waals surface area contributed by atoms with Crippen LogP contribution in [0.25, 0.3) is 0 Å². The lowest BCUT2D eigenvalue weighted by atomic mass is 9.72. The van der Waals surface area contributed by atoms with Gasteiger partial charge in [0.25, 0.3) is 0 Å². The molecule has 0 N–H and O–H groups in total. The number of carbonyl (C=O) groups is 1. The first-order chi connectivity index (χ1) is 6.93. The fourth-order valence-corrected chi connectivity index (χ4v) is 2.56. The lowest BCUT2D eigenvalue weighted by molar-refractivity contribution is -0.109. The fraction of sp³-hybridized carbons (Fsp3) is 0.909. The number of rotatable bonds is 1. The Morgan fingerprint density at radius 3 is 2.13 bits per heavy atom. The van der Waals surface area contributed by atoms with E-state index in [4.69, 9.17) is 0 Å². The van der Waals surface area contributed by atoms with E-state index in [0.29, 0.717) is 11.5 Å². The smallest absolute Gasteiger partial charge is 0.319 e. The van der Waals surface area contributed by atoms with Gasteiger partial charge in [-0.05, 0) is 13.8 Å². The van der Waals surface area contributed by atoms with Gasteiger partial charge in [0, 0.05) is 51.7 Å². The van der Waals surface area contributed by atoms with Gasteiger partial charge in [-0.15, -0.1) is 0 Å². The van der Waals surface area contributed by atoms with E-state index in [1.54, 1.807) is 4.90 Å². The SMILES string of the molecule is CC(C)N1CC2(CN(C(=O)N(C)C)C2)C1. The molecule has 4 nitrogen and oxygen atoms in total. The Labute approximate surface area is 91.8 Å². The summed E-state index contributed by atoms with van der Waals surface area (Å²) in [6.45, 7) is 8.70. The lowest BCUT2D eigenvalue weighted by Crippen LogP contribution is -2.74. The Morgan fingerprint density at radius 2 is 1.73 bits per heavy atom. The van der Waals surface area contributed by atoms with E-state index in [1.807, 2.05) is 19.0 Å². The van der Waals surface area contributed by atoms with Crippen molar-refractivity contribution in [1.82, 2.24) is 14.7 Å². The quantitative estimate of drug-likeness (QED) is 0.638. The first kappa shape index (κ1) is 10.7. The summed E-state index contributed by atoms with van der Waals surface area (Å²) in [5, 5.41) is 0. The summed E-state index contributed by atoms with van der Waals surface area (Å²) >= 11 is 0. The molecular weight excluding hydrogens is 190 g/mol. The van der Waals surface area contributed by atoms with Crippen LogP contribution < -0.4 is 0 Å². The van der Waals surface area contributed by atoms with Gasteiger partial charge in [-0.1, -0.05) is 0 Å². The van der Waals surface area contributed by atoms with Crippen molar-refractivity contribution < 1.29 is 4.79 Å². The van der Waals surface area contributed by atoms with Crippen LogP contribution in [0.3, 0.4) is 0 Å². The van der Waals surface area contributed by atoms with Gasteiger partial charge >= 0.3 is 6.03 Å². The highest BCUT2D eigenvalue weighted by Crippen LogP contribution is 2.40. The lowest BCUT2D eigenvalue weighted by Gasteiger charge is -2.61. The Morgan fingerprint density at radius 1 is 1.20 bits per heavy atom. The number of likely N-dealkylation sites (tertiary alicyclic amines) is 2. The highest BCUT2D eigenvalue weighted by molar-refractivity contribution is 5.75. The van der Waals surface area contributed by atoms with E-state index in [2.05, 4.69) is 18.7 Å². The summed E-state index contributed by atoms with van der Waals surface area (Å²) in [7, 11) is 3.63. The van der Waals surface area contributed by atoms with Crippen molar-refractivity contribution in [2.24, 2.45) is 5.41 Å². The number of urea groups is 1. The minimum atomic E-state index is 0.156. The van der Waals surface area contributed by atoms with Crippen molar-refractivity contribution >= 4 is 6.03 Å². The number of nitrogens with zero attached hydrogens (tertiary/aromatic N) is 3. The maximum absolute atomic E-state index is 11.6. The molecule has 0 aromatic carbocycles. The third-order valence-corrected chi connectivity index (χ3v) is 3.51. The number of hydrogen-bond acceptors (Lipinski definition) is 2. The largest absolute Gasteiger partial charge is 0.331 e. The monoisotopic (exact) mass is 211 g/mol. The molecule has 2 aliphatic rings. The third-order valence-electron chi connectivity index (χ3n) is 3.51. The first-order valence-electron chi connectivity index (χ1n) is 5.64. The molecule has 2 saturated heterocycles. The van der Waals surface area contributed by atoms with Crippen LogP contribution in [0.4, 0.5) is 4.79 Å². The molecule has 1 spiro atoms. The molecule has 15 heavy (non-hydrogen) atoms. The van der Waals surface area contributed by atoms with Crippen LogP contribution >= 0.6 is 0 Å². The van der Waals surface area contributed by atoms with E-state index >= 15 is 0 Å². The van der Waals surface area contributed by atoms with Crippen molar-refractivity contribution in [3.63, 3.8) is 0 Å². The molecule has 0 aromatic heterocycles. The molecule has 0 saturated carbocycles. The van der Waals surface area contributed by atoms with Gasteiger partial charge in [0.2, 0.25) is 0 Å². The standard InChI is InChI=1S/C11H21N3O/c1-9(2)13-5-11(6-13)7-14(8-11)10(15)12(3)4/h9H,5-8H2,1-4H3. The summed E-state index contributed by atoms with van der Waals surface area (Å²) in [4.78, 5) is 17.7. The minimum absolute atomic E-state index is 0.156. The van der Waals surface area contributed by atoms with Crippen molar-refractivity contribution in [1.29, 1.82) is 0 Å². The van der Waals surface area contributed by atoms with Crippen LogP contribution in [-0.2, 0) is 0 Å². The zero-order valence-corrected chi connectivity index (χ0v) is 10.2. The number of hydrogen-bond donors (Lipinski definition) is 0. The second-order valence-corrected chi connectivity index (χ2v) is 5.53. The molecule has 0 bridgehead atoms. The van der Waals surface area contributed by atoms with E-state index in [9.17, 15) is 4.79 Å². The van der Waals surface area contributed by atoms with Crippen LogP contribution in [0.1, 0.15) is 13.8 Å².